The molecular weight excluding hydrogens is 418 g/mol. The van der Waals surface area contributed by atoms with Crippen LogP contribution in [0.5, 0.6) is 0 Å². The fourth-order valence-electron chi connectivity index (χ4n) is 3.41. The lowest BCUT2D eigenvalue weighted by atomic mass is 10.1. The maximum atomic E-state index is 12.9. The second-order valence-electron chi connectivity index (χ2n) is 7.50. The third-order valence-corrected chi connectivity index (χ3v) is 6.35. The van der Waals surface area contributed by atoms with Crippen molar-refractivity contribution in [3.63, 3.8) is 0 Å². The van der Waals surface area contributed by atoms with Crippen LogP contribution >= 0.6 is 11.8 Å². The van der Waals surface area contributed by atoms with E-state index in [1.165, 1.54) is 11.8 Å². The van der Waals surface area contributed by atoms with Crippen molar-refractivity contribution < 1.29 is 4.79 Å². The van der Waals surface area contributed by atoms with Crippen LogP contribution in [-0.4, -0.2) is 43.4 Å². The van der Waals surface area contributed by atoms with Gasteiger partial charge in [-0.05, 0) is 30.2 Å². The van der Waals surface area contributed by atoms with Crippen molar-refractivity contribution in [3.8, 4) is 11.4 Å². The van der Waals surface area contributed by atoms with E-state index in [4.69, 9.17) is 0 Å². The zero-order valence-corrected chi connectivity index (χ0v) is 18.9. The predicted octanol–water partition coefficient (Wildman–Crippen LogP) is 4.70. The molecule has 0 radical (unpaired) electrons. The summed E-state index contributed by atoms with van der Waals surface area (Å²) in [6.07, 6.45) is 3.51. The fourth-order valence-corrected chi connectivity index (χ4v) is 4.27. The molecule has 0 N–H and O–H groups in total. The number of carbonyl (C=O) groups excluding carboxylic acids is 1. The third kappa shape index (κ3) is 5.06. The smallest absolute Gasteiger partial charge is 0.233 e. The second kappa shape index (κ2) is 10.2. The molecule has 2 aromatic heterocycles. The average Bonchev–Trinajstić information content (AvgIpc) is 3.25. The number of hydrogen-bond acceptors (Lipinski definition) is 5. The molecule has 0 spiro atoms. The van der Waals surface area contributed by atoms with Crippen molar-refractivity contribution in [2.75, 3.05) is 12.8 Å². The van der Waals surface area contributed by atoms with Gasteiger partial charge >= 0.3 is 0 Å². The fraction of sp³-hybridized carbons (Fsp3) is 0.200. The van der Waals surface area contributed by atoms with Gasteiger partial charge in [-0.1, -0.05) is 72.4 Å². The molecule has 0 saturated carbocycles. The molecule has 4 aromatic rings. The highest BCUT2D eigenvalue weighted by molar-refractivity contribution is 7.99. The molecule has 162 valence electrons. The Bertz CT molecular complexity index is 1150. The van der Waals surface area contributed by atoms with Crippen LogP contribution in [0, 0.1) is 0 Å². The Hall–Kier alpha value is -3.45. The summed E-state index contributed by atoms with van der Waals surface area (Å²) in [6, 6.07) is 24.1. The molecule has 0 aliphatic heterocycles. The average molecular weight is 444 g/mol. The van der Waals surface area contributed by atoms with Crippen LogP contribution < -0.4 is 0 Å². The second-order valence-corrected chi connectivity index (χ2v) is 8.44. The van der Waals surface area contributed by atoms with Crippen molar-refractivity contribution in [2.45, 2.75) is 24.7 Å². The molecule has 0 fully saturated rings. The lowest BCUT2D eigenvalue weighted by molar-refractivity contribution is -0.128. The topological polar surface area (TPSA) is 63.9 Å². The van der Waals surface area contributed by atoms with E-state index in [9.17, 15) is 4.79 Å². The Kier molecular flexibility index (Phi) is 6.97. The van der Waals surface area contributed by atoms with E-state index in [-0.39, 0.29) is 17.7 Å². The minimum absolute atomic E-state index is 0.00237. The van der Waals surface area contributed by atoms with Gasteiger partial charge < -0.3 is 4.90 Å². The van der Waals surface area contributed by atoms with Crippen LogP contribution in [0.25, 0.3) is 11.4 Å². The lowest BCUT2D eigenvalue weighted by Crippen LogP contribution is -2.31. The minimum atomic E-state index is -0.00237. The number of amides is 1. The van der Waals surface area contributed by atoms with Crippen molar-refractivity contribution in [3.05, 3.63) is 96.3 Å². The largest absolute Gasteiger partial charge is 0.338 e. The van der Waals surface area contributed by atoms with Gasteiger partial charge in [0.05, 0.1) is 18.3 Å². The Balaban J connectivity index is 1.53. The van der Waals surface area contributed by atoms with Gasteiger partial charge in [0.25, 0.3) is 0 Å². The molecule has 1 amide bonds. The molecule has 6 nitrogen and oxygen atoms in total. The van der Waals surface area contributed by atoms with Crippen LogP contribution in [0.1, 0.15) is 24.1 Å². The van der Waals surface area contributed by atoms with Gasteiger partial charge in [0.15, 0.2) is 11.0 Å². The Morgan fingerprint density at radius 3 is 2.41 bits per heavy atom. The summed E-state index contributed by atoms with van der Waals surface area (Å²) in [5.74, 6) is 1.07. The molecular formula is C25H25N5OS. The summed E-state index contributed by atoms with van der Waals surface area (Å²) in [4.78, 5) is 18.9. The van der Waals surface area contributed by atoms with Crippen LogP contribution in [0.2, 0.25) is 0 Å². The van der Waals surface area contributed by atoms with Gasteiger partial charge in [-0.25, -0.2) is 0 Å². The molecule has 0 aliphatic carbocycles. The molecule has 7 heteroatoms. The van der Waals surface area contributed by atoms with E-state index in [1.54, 1.807) is 17.3 Å². The molecule has 2 aromatic carbocycles. The van der Waals surface area contributed by atoms with Crippen LogP contribution in [0.3, 0.4) is 0 Å². The quantitative estimate of drug-likeness (QED) is 0.369. The zero-order chi connectivity index (χ0) is 22.3. The maximum absolute atomic E-state index is 12.9. The number of benzene rings is 2. The first-order valence-corrected chi connectivity index (χ1v) is 11.4. The number of nitrogens with zero attached hydrogens (tertiary/aromatic N) is 5. The molecule has 32 heavy (non-hydrogen) atoms. The molecule has 0 bridgehead atoms. The van der Waals surface area contributed by atoms with Gasteiger partial charge in [-0.2, -0.15) is 0 Å². The van der Waals surface area contributed by atoms with Crippen molar-refractivity contribution in [1.29, 1.82) is 0 Å². The molecule has 4 rings (SSSR count). The summed E-state index contributed by atoms with van der Waals surface area (Å²) < 4.78 is 2.05. The van der Waals surface area contributed by atoms with Crippen LogP contribution in [-0.2, 0) is 11.3 Å². The summed E-state index contributed by atoms with van der Waals surface area (Å²) in [6.45, 7) is 2.65. The van der Waals surface area contributed by atoms with Gasteiger partial charge in [0, 0.05) is 25.0 Å². The first kappa shape index (κ1) is 21.8. The summed E-state index contributed by atoms with van der Waals surface area (Å²) >= 11 is 1.41. The van der Waals surface area contributed by atoms with Crippen molar-refractivity contribution in [1.82, 2.24) is 24.6 Å². The van der Waals surface area contributed by atoms with Crippen LogP contribution in [0.15, 0.2) is 90.3 Å². The molecule has 0 aliphatic rings. The minimum Gasteiger partial charge on any atom is -0.338 e. The lowest BCUT2D eigenvalue weighted by Gasteiger charge is -2.25. The van der Waals surface area contributed by atoms with E-state index in [0.29, 0.717) is 11.7 Å². The normalized spacial score (nSPS) is 11.8. The molecule has 1 unspecified atom stereocenters. The highest BCUT2D eigenvalue weighted by atomic mass is 32.2. The first-order chi connectivity index (χ1) is 15.6. The predicted molar refractivity (Wildman–Crippen MR) is 127 cm³/mol. The summed E-state index contributed by atoms with van der Waals surface area (Å²) in [5, 5.41) is 9.53. The monoisotopic (exact) mass is 443 g/mol. The zero-order valence-electron chi connectivity index (χ0n) is 18.1. The van der Waals surface area contributed by atoms with Crippen LogP contribution in [0.4, 0.5) is 0 Å². The Morgan fingerprint density at radius 1 is 1.00 bits per heavy atom. The summed E-state index contributed by atoms with van der Waals surface area (Å²) in [5.41, 5.74) is 3.14. The van der Waals surface area contributed by atoms with Gasteiger partial charge in [0.1, 0.15) is 0 Å². The van der Waals surface area contributed by atoms with E-state index < -0.39 is 0 Å². The van der Waals surface area contributed by atoms with Gasteiger partial charge in [0.2, 0.25) is 5.91 Å². The number of aromatic nitrogens is 4. The number of rotatable bonds is 8. The Morgan fingerprint density at radius 2 is 1.72 bits per heavy atom. The number of hydrogen-bond donors (Lipinski definition) is 0. The highest BCUT2D eigenvalue weighted by Crippen LogP contribution is 2.26. The van der Waals surface area contributed by atoms with E-state index in [1.807, 2.05) is 79.2 Å². The first-order valence-electron chi connectivity index (χ1n) is 10.4. The van der Waals surface area contributed by atoms with Gasteiger partial charge in [-0.15, -0.1) is 10.2 Å². The number of thioether (sulfide) groups is 1. The highest BCUT2D eigenvalue weighted by Gasteiger charge is 2.20. The Labute approximate surface area is 192 Å². The maximum Gasteiger partial charge on any atom is 0.233 e. The van der Waals surface area contributed by atoms with E-state index >= 15 is 0 Å². The molecule has 2 heterocycles. The van der Waals surface area contributed by atoms with E-state index in [2.05, 4.69) is 27.3 Å². The van der Waals surface area contributed by atoms with Crippen molar-refractivity contribution in [2.24, 2.45) is 0 Å². The van der Waals surface area contributed by atoms with Crippen molar-refractivity contribution >= 4 is 17.7 Å². The van der Waals surface area contributed by atoms with Gasteiger partial charge in [-0.3, -0.25) is 14.3 Å². The SMILES string of the molecule is CC(c1ccccc1)N(C)C(=O)CSc1nnc(-c2cccnc2)n1Cc1ccccc1. The molecule has 0 saturated heterocycles. The third-order valence-electron chi connectivity index (χ3n) is 5.40. The number of carbonyl (C=O) groups is 1. The molecule has 1 atom stereocenters. The number of pyridine rings is 1. The van der Waals surface area contributed by atoms with E-state index in [0.717, 1.165) is 22.5 Å². The summed E-state index contributed by atoms with van der Waals surface area (Å²) in [7, 11) is 1.84. The standard InChI is InChI=1S/C25H25N5OS/c1-19(21-12-7-4-8-13-21)29(2)23(31)18-32-25-28-27-24(22-14-9-15-26-16-22)30(25)17-20-10-5-3-6-11-20/h3-16,19H,17-18H2,1-2H3.